The summed E-state index contributed by atoms with van der Waals surface area (Å²) in [7, 11) is 1.34. The van der Waals surface area contributed by atoms with Gasteiger partial charge in [0.2, 0.25) is 0 Å². The third-order valence-electron chi connectivity index (χ3n) is 2.05. The molecule has 0 fully saturated rings. The van der Waals surface area contributed by atoms with E-state index in [1.165, 1.54) is 7.11 Å². The molecule has 0 aliphatic carbocycles. The molecule has 5 nitrogen and oxygen atoms in total. The van der Waals surface area contributed by atoms with Crippen molar-refractivity contribution in [2.24, 2.45) is 0 Å². The summed E-state index contributed by atoms with van der Waals surface area (Å²) in [4.78, 5) is 10.9. The summed E-state index contributed by atoms with van der Waals surface area (Å²) >= 11 is 0. The van der Waals surface area contributed by atoms with Crippen molar-refractivity contribution in [3.05, 3.63) is 23.8 Å². The number of carbonyl (C=O) groups excluding carboxylic acids is 1. The van der Waals surface area contributed by atoms with E-state index in [4.69, 9.17) is 11.0 Å². The molecule has 1 rings (SSSR count). The number of carbonyl (C=O) groups is 1. The largest absolute Gasteiger partial charge is 0.469 e. The molecule has 0 bridgehead atoms. The summed E-state index contributed by atoms with van der Waals surface area (Å²) in [5.41, 5.74) is 7.43. The Labute approximate surface area is 93.8 Å². The lowest BCUT2D eigenvalue weighted by atomic mass is 10.2. The summed E-state index contributed by atoms with van der Waals surface area (Å²) in [6, 6.07) is 6.95. The molecule has 0 aliphatic rings. The van der Waals surface area contributed by atoms with Crippen LogP contribution in [0.1, 0.15) is 12.0 Å². The van der Waals surface area contributed by atoms with Crippen LogP contribution >= 0.6 is 0 Å². The molecule has 0 unspecified atom stereocenters. The molecular formula is C11H13N3O2. The fourth-order valence-corrected chi connectivity index (χ4v) is 1.18. The molecule has 3 N–H and O–H groups in total. The van der Waals surface area contributed by atoms with Gasteiger partial charge in [-0.3, -0.25) is 4.79 Å². The number of hydrogen-bond acceptors (Lipinski definition) is 5. The zero-order valence-corrected chi connectivity index (χ0v) is 8.99. The van der Waals surface area contributed by atoms with Gasteiger partial charge in [0.15, 0.2) is 0 Å². The lowest BCUT2D eigenvalue weighted by Crippen LogP contribution is -2.10. The number of ether oxygens (including phenoxy) is 1. The van der Waals surface area contributed by atoms with Crippen LogP contribution in [0.15, 0.2) is 18.2 Å². The van der Waals surface area contributed by atoms with Crippen LogP contribution in [0.4, 0.5) is 11.4 Å². The Bertz CT molecular complexity index is 424. The summed E-state index contributed by atoms with van der Waals surface area (Å²) in [6.45, 7) is 0.422. The number of nitrogens with two attached hydrogens (primary N) is 1. The Morgan fingerprint density at radius 3 is 3.00 bits per heavy atom. The van der Waals surface area contributed by atoms with Gasteiger partial charge in [-0.15, -0.1) is 0 Å². The fourth-order valence-electron chi connectivity index (χ4n) is 1.18. The minimum Gasteiger partial charge on any atom is -0.469 e. The van der Waals surface area contributed by atoms with E-state index in [1.54, 1.807) is 18.2 Å². The molecule has 1 aromatic carbocycles. The second kappa shape index (κ2) is 5.61. The van der Waals surface area contributed by atoms with Crippen LogP contribution in [0, 0.1) is 11.3 Å². The zero-order chi connectivity index (χ0) is 12.0. The molecule has 0 saturated heterocycles. The number of nitrogens with one attached hydrogen (secondary N) is 1. The van der Waals surface area contributed by atoms with Crippen LogP contribution in [-0.2, 0) is 9.53 Å². The molecule has 5 heteroatoms. The molecule has 0 heterocycles. The average molecular weight is 219 g/mol. The van der Waals surface area contributed by atoms with E-state index in [2.05, 4.69) is 10.1 Å². The first-order valence-corrected chi connectivity index (χ1v) is 4.77. The number of anilines is 2. The van der Waals surface area contributed by atoms with E-state index in [0.29, 0.717) is 23.5 Å². The van der Waals surface area contributed by atoms with Crippen molar-refractivity contribution in [1.82, 2.24) is 0 Å². The van der Waals surface area contributed by atoms with Gasteiger partial charge in [-0.1, -0.05) is 0 Å². The minimum absolute atomic E-state index is 0.257. The maximum absolute atomic E-state index is 10.9. The van der Waals surface area contributed by atoms with Crippen molar-refractivity contribution in [3.63, 3.8) is 0 Å². The Kier molecular flexibility index (Phi) is 4.16. The topological polar surface area (TPSA) is 88.1 Å². The van der Waals surface area contributed by atoms with E-state index in [0.717, 1.165) is 0 Å². The zero-order valence-electron chi connectivity index (χ0n) is 8.99. The highest BCUT2D eigenvalue weighted by molar-refractivity contribution is 5.71. The van der Waals surface area contributed by atoms with Crippen LogP contribution in [0.5, 0.6) is 0 Å². The molecule has 0 spiro atoms. The highest BCUT2D eigenvalue weighted by Gasteiger charge is 2.02. The van der Waals surface area contributed by atoms with Crippen molar-refractivity contribution in [1.29, 1.82) is 5.26 Å². The number of methoxy groups -OCH3 is 1. The smallest absolute Gasteiger partial charge is 0.307 e. The van der Waals surface area contributed by atoms with Crippen LogP contribution in [0.2, 0.25) is 0 Å². The highest BCUT2D eigenvalue weighted by Crippen LogP contribution is 2.19. The van der Waals surface area contributed by atoms with Gasteiger partial charge in [-0.2, -0.15) is 5.26 Å². The first kappa shape index (κ1) is 11.9. The van der Waals surface area contributed by atoms with Crippen LogP contribution in [-0.4, -0.2) is 19.6 Å². The average Bonchev–Trinajstić information content (AvgIpc) is 2.31. The van der Waals surface area contributed by atoms with Crippen molar-refractivity contribution in [3.8, 4) is 6.07 Å². The maximum atomic E-state index is 10.9. The molecule has 0 radical (unpaired) electrons. The Morgan fingerprint density at radius 2 is 2.38 bits per heavy atom. The standard InChI is InChI=1S/C11H13N3O2/c1-16-11(15)4-5-14-10-6-8(7-12)2-3-9(10)13/h2-3,6,14H,4-5,13H2,1H3. The van der Waals surface area contributed by atoms with E-state index >= 15 is 0 Å². The van der Waals surface area contributed by atoms with E-state index < -0.39 is 0 Å². The van der Waals surface area contributed by atoms with Gasteiger partial charge in [0, 0.05) is 6.54 Å². The Hall–Kier alpha value is -2.22. The lowest BCUT2D eigenvalue weighted by Gasteiger charge is -2.08. The molecule has 0 aromatic heterocycles. The number of rotatable bonds is 4. The number of benzene rings is 1. The predicted molar refractivity (Wildman–Crippen MR) is 60.7 cm³/mol. The van der Waals surface area contributed by atoms with Crippen molar-refractivity contribution in [2.75, 3.05) is 24.7 Å². The second-order valence-electron chi connectivity index (χ2n) is 3.17. The van der Waals surface area contributed by atoms with Crippen LogP contribution in [0.25, 0.3) is 0 Å². The monoisotopic (exact) mass is 219 g/mol. The van der Waals surface area contributed by atoms with Gasteiger partial charge in [-0.05, 0) is 18.2 Å². The van der Waals surface area contributed by atoms with Crippen molar-refractivity contribution in [2.45, 2.75) is 6.42 Å². The normalized spacial score (nSPS) is 9.25. The number of nitrogen functional groups attached to an aromatic ring is 1. The molecule has 0 aliphatic heterocycles. The first-order valence-electron chi connectivity index (χ1n) is 4.77. The number of hydrogen-bond donors (Lipinski definition) is 2. The van der Waals surface area contributed by atoms with Gasteiger partial charge in [0.1, 0.15) is 0 Å². The minimum atomic E-state index is -0.289. The lowest BCUT2D eigenvalue weighted by molar-refractivity contribution is -0.140. The summed E-state index contributed by atoms with van der Waals surface area (Å²) in [5.74, 6) is -0.289. The van der Waals surface area contributed by atoms with E-state index in [-0.39, 0.29) is 12.4 Å². The van der Waals surface area contributed by atoms with E-state index in [9.17, 15) is 4.79 Å². The number of nitrogens with zero attached hydrogens (tertiary/aromatic N) is 1. The predicted octanol–water partition coefficient (Wildman–Crippen LogP) is 1.12. The molecule has 16 heavy (non-hydrogen) atoms. The summed E-state index contributed by atoms with van der Waals surface area (Å²) in [5, 5.41) is 11.7. The first-order chi connectivity index (χ1) is 7.67. The molecule has 0 saturated carbocycles. The maximum Gasteiger partial charge on any atom is 0.307 e. The highest BCUT2D eigenvalue weighted by atomic mass is 16.5. The summed E-state index contributed by atoms with van der Waals surface area (Å²) in [6.07, 6.45) is 0.257. The molecule has 0 atom stereocenters. The number of esters is 1. The third kappa shape index (κ3) is 3.17. The van der Waals surface area contributed by atoms with Gasteiger partial charge in [-0.25, -0.2) is 0 Å². The van der Waals surface area contributed by atoms with Gasteiger partial charge in [0.25, 0.3) is 0 Å². The van der Waals surface area contributed by atoms with Gasteiger partial charge >= 0.3 is 5.97 Å². The molecule has 1 aromatic rings. The van der Waals surface area contributed by atoms with Gasteiger partial charge < -0.3 is 15.8 Å². The van der Waals surface area contributed by atoms with Crippen LogP contribution < -0.4 is 11.1 Å². The Balaban J connectivity index is 2.60. The molecule has 84 valence electrons. The Morgan fingerprint density at radius 1 is 1.62 bits per heavy atom. The quantitative estimate of drug-likeness (QED) is 0.585. The fraction of sp³-hybridized carbons (Fsp3) is 0.273. The van der Waals surface area contributed by atoms with Crippen molar-refractivity contribution >= 4 is 17.3 Å². The van der Waals surface area contributed by atoms with Crippen LogP contribution in [0.3, 0.4) is 0 Å². The molecule has 0 amide bonds. The van der Waals surface area contributed by atoms with Gasteiger partial charge in [0.05, 0.1) is 36.5 Å². The third-order valence-corrected chi connectivity index (χ3v) is 2.05. The second-order valence-corrected chi connectivity index (χ2v) is 3.17. The summed E-state index contributed by atoms with van der Waals surface area (Å²) < 4.78 is 4.50. The van der Waals surface area contributed by atoms with E-state index in [1.807, 2.05) is 6.07 Å². The number of nitriles is 1. The SMILES string of the molecule is COC(=O)CCNc1cc(C#N)ccc1N. The molecular weight excluding hydrogens is 206 g/mol. The van der Waals surface area contributed by atoms with Crippen molar-refractivity contribution < 1.29 is 9.53 Å².